The molecule has 2 atom stereocenters. The molecule has 44 heavy (non-hydrogen) atoms. The lowest BCUT2D eigenvalue weighted by atomic mass is 10.0. The predicted molar refractivity (Wildman–Crippen MR) is 156 cm³/mol. The smallest absolute Gasteiger partial charge is 0.412 e. The van der Waals surface area contributed by atoms with E-state index in [4.69, 9.17) is 15.2 Å². The molecular weight excluding hydrogens is 578 g/mol. The molecule has 0 bridgehead atoms. The molecule has 1 heterocycles. The number of carbonyl (C=O) groups is 4. The highest BCUT2D eigenvalue weighted by Crippen LogP contribution is 2.18. The van der Waals surface area contributed by atoms with Crippen molar-refractivity contribution in [2.75, 3.05) is 11.9 Å². The van der Waals surface area contributed by atoms with Gasteiger partial charge in [0, 0.05) is 31.2 Å². The Hall–Kier alpha value is -5.33. The largest absolute Gasteiger partial charge is 0.463 e. The number of carbonyl (C=O) groups excluding carboxylic acids is 4. The van der Waals surface area contributed by atoms with Gasteiger partial charge >= 0.3 is 12.1 Å². The Kier molecular flexibility index (Phi) is 12.3. The first kappa shape index (κ1) is 33.2. The van der Waals surface area contributed by atoms with E-state index in [9.17, 15) is 32.8 Å². The number of nitrogens with two attached hydrogens (primary N) is 1. The minimum absolute atomic E-state index is 0.0125. The fourth-order valence-corrected chi connectivity index (χ4v) is 4.11. The predicted octanol–water partition coefficient (Wildman–Crippen LogP) is 3.53. The SMILES string of the molecule is CCOC(=O)C=CC(CCC(N)=O)NC(=O)C(Cc1ccc(F)c(F)c1)n1cccc(NC(=O)OCc2ccccc2)c1=O. The van der Waals surface area contributed by atoms with Crippen LogP contribution >= 0.6 is 0 Å². The number of halogens is 2. The standard InChI is InChI=1S/C31H32F2N4O7/c1-2-43-28(39)15-12-22(11-14-27(34)38)35-29(40)26(18-21-10-13-23(32)24(33)17-21)37-16-6-9-25(30(37)41)36-31(42)44-19-20-7-4-3-5-8-20/h3-10,12-13,15-17,22,26H,2,11,14,18-19H2,1H3,(H2,34,38)(H,35,40)(H,36,42). The fraction of sp³-hybridized carbons (Fsp3) is 0.258. The molecule has 0 aliphatic heterocycles. The van der Waals surface area contributed by atoms with E-state index in [1.807, 2.05) is 0 Å². The van der Waals surface area contributed by atoms with Crippen molar-refractivity contribution in [2.45, 2.75) is 44.9 Å². The van der Waals surface area contributed by atoms with E-state index in [2.05, 4.69) is 10.6 Å². The summed E-state index contributed by atoms with van der Waals surface area (Å²) in [7, 11) is 0. The summed E-state index contributed by atoms with van der Waals surface area (Å²) >= 11 is 0. The molecule has 3 aromatic rings. The number of anilines is 1. The zero-order valence-electron chi connectivity index (χ0n) is 23.8. The molecule has 0 fully saturated rings. The van der Waals surface area contributed by atoms with Crippen LogP contribution < -0.4 is 21.9 Å². The average Bonchev–Trinajstić information content (AvgIpc) is 2.99. The number of aromatic nitrogens is 1. The highest BCUT2D eigenvalue weighted by molar-refractivity contribution is 5.85. The van der Waals surface area contributed by atoms with Crippen LogP contribution in [0.5, 0.6) is 0 Å². The van der Waals surface area contributed by atoms with Gasteiger partial charge < -0.3 is 25.1 Å². The number of ether oxygens (including phenoxy) is 2. The molecule has 2 unspecified atom stereocenters. The quantitative estimate of drug-likeness (QED) is 0.186. The van der Waals surface area contributed by atoms with Gasteiger partial charge in [-0.25, -0.2) is 18.4 Å². The Labute approximate surface area is 251 Å². The molecule has 0 saturated carbocycles. The van der Waals surface area contributed by atoms with E-state index < -0.39 is 53.2 Å². The Morgan fingerprint density at radius 3 is 2.41 bits per heavy atom. The Balaban J connectivity index is 1.90. The number of rotatable bonds is 14. The molecule has 1 aromatic heterocycles. The summed E-state index contributed by atoms with van der Waals surface area (Å²) in [6.45, 7) is 1.68. The number of primary amides is 1. The van der Waals surface area contributed by atoms with Crippen LogP contribution in [0.4, 0.5) is 19.3 Å². The Bertz CT molecular complexity index is 1560. The number of esters is 1. The lowest BCUT2D eigenvalue weighted by Gasteiger charge is -2.23. The number of pyridine rings is 1. The van der Waals surface area contributed by atoms with Gasteiger partial charge in [0.2, 0.25) is 11.8 Å². The number of nitrogens with zero attached hydrogens (tertiary/aromatic N) is 1. The van der Waals surface area contributed by atoms with Crippen molar-refractivity contribution in [1.29, 1.82) is 0 Å². The summed E-state index contributed by atoms with van der Waals surface area (Å²) < 4.78 is 38.7. The molecule has 3 rings (SSSR count). The maximum absolute atomic E-state index is 14.0. The van der Waals surface area contributed by atoms with Gasteiger partial charge in [-0.2, -0.15) is 0 Å². The first-order valence-corrected chi connectivity index (χ1v) is 13.6. The topological polar surface area (TPSA) is 159 Å². The average molecular weight is 611 g/mol. The van der Waals surface area contributed by atoms with E-state index >= 15 is 0 Å². The number of amides is 3. The van der Waals surface area contributed by atoms with Crippen LogP contribution in [0, 0.1) is 11.6 Å². The second kappa shape index (κ2) is 16.3. The number of hydrogen-bond donors (Lipinski definition) is 3. The van der Waals surface area contributed by atoms with Gasteiger partial charge in [0.1, 0.15) is 18.3 Å². The van der Waals surface area contributed by atoms with Crippen molar-refractivity contribution in [1.82, 2.24) is 9.88 Å². The van der Waals surface area contributed by atoms with Crippen molar-refractivity contribution in [3.8, 4) is 0 Å². The molecule has 2 aromatic carbocycles. The second-order valence-corrected chi connectivity index (χ2v) is 9.52. The van der Waals surface area contributed by atoms with Gasteiger partial charge in [0.15, 0.2) is 11.6 Å². The highest BCUT2D eigenvalue weighted by atomic mass is 19.2. The third-order valence-corrected chi connectivity index (χ3v) is 6.26. The molecule has 0 radical (unpaired) electrons. The van der Waals surface area contributed by atoms with Crippen LogP contribution in [-0.4, -0.2) is 41.1 Å². The first-order valence-electron chi connectivity index (χ1n) is 13.6. The maximum Gasteiger partial charge on any atom is 0.412 e. The van der Waals surface area contributed by atoms with Crippen LogP contribution in [0.3, 0.4) is 0 Å². The van der Waals surface area contributed by atoms with Gasteiger partial charge in [0.25, 0.3) is 5.56 Å². The number of nitrogens with one attached hydrogen (secondary N) is 2. The van der Waals surface area contributed by atoms with Gasteiger partial charge in [-0.15, -0.1) is 0 Å². The van der Waals surface area contributed by atoms with Crippen molar-refractivity contribution in [2.24, 2.45) is 5.73 Å². The molecule has 0 saturated heterocycles. The summed E-state index contributed by atoms with van der Waals surface area (Å²) in [6, 6.07) is 12.4. The van der Waals surface area contributed by atoms with E-state index in [0.29, 0.717) is 0 Å². The zero-order chi connectivity index (χ0) is 32.1. The van der Waals surface area contributed by atoms with Crippen LogP contribution in [0.15, 0.2) is 83.8 Å². The molecular formula is C31H32F2N4O7. The van der Waals surface area contributed by atoms with Crippen LogP contribution in [0.2, 0.25) is 0 Å². The summed E-state index contributed by atoms with van der Waals surface area (Å²) in [6.07, 6.45) is 2.37. The molecule has 3 amide bonds. The van der Waals surface area contributed by atoms with Gasteiger partial charge in [0.05, 0.1) is 6.61 Å². The zero-order valence-corrected chi connectivity index (χ0v) is 23.8. The minimum Gasteiger partial charge on any atom is -0.463 e. The third-order valence-electron chi connectivity index (χ3n) is 6.26. The van der Waals surface area contributed by atoms with Gasteiger partial charge in [-0.1, -0.05) is 42.5 Å². The second-order valence-electron chi connectivity index (χ2n) is 9.52. The van der Waals surface area contributed by atoms with Gasteiger partial charge in [-0.3, -0.25) is 19.7 Å². The molecule has 0 spiro atoms. The van der Waals surface area contributed by atoms with Crippen molar-refractivity contribution >= 4 is 29.6 Å². The minimum atomic E-state index is -1.35. The van der Waals surface area contributed by atoms with Crippen molar-refractivity contribution in [3.63, 3.8) is 0 Å². The van der Waals surface area contributed by atoms with E-state index in [1.54, 1.807) is 37.3 Å². The monoisotopic (exact) mass is 610 g/mol. The number of benzene rings is 2. The summed E-state index contributed by atoms with van der Waals surface area (Å²) in [5.74, 6) is -4.34. The fourth-order valence-electron chi connectivity index (χ4n) is 4.11. The van der Waals surface area contributed by atoms with Crippen LogP contribution in [-0.2, 0) is 36.9 Å². The normalized spacial score (nSPS) is 12.2. The summed E-state index contributed by atoms with van der Waals surface area (Å²) in [5, 5.41) is 5.02. The van der Waals surface area contributed by atoms with Gasteiger partial charge in [-0.05, 0) is 48.7 Å². The van der Waals surface area contributed by atoms with E-state index in [1.165, 1.54) is 30.5 Å². The third kappa shape index (κ3) is 10.2. The van der Waals surface area contributed by atoms with Crippen molar-refractivity contribution < 1.29 is 37.4 Å². The van der Waals surface area contributed by atoms with E-state index in [0.717, 1.165) is 28.3 Å². The highest BCUT2D eigenvalue weighted by Gasteiger charge is 2.26. The van der Waals surface area contributed by atoms with E-state index in [-0.39, 0.29) is 43.7 Å². The molecule has 4 N–H and O–H groups in total. The molecule has 0 aliphatic rings. The summed E-state index contributed by atoms with van der Waals surface area (Å²) in [5.41, 5.74) is 5.17. The Morgan fingerprint density at radius 2 is 1.73 bits per heavy atom. The number of hydrogen-bond acceptors (Lipinski definition) is 7. The van der Waals surface area contributed by atoms with Crippen LogP contribution in [0.1, 0.15) is 36.9 Å². The Morgan fingerprint density at radius 1 is 0.977 bits per heavy atom. The lowest BCUT2D eigenvalue weighted by molar-refractivity contribution is -0.137. The lowest BCUT2D eigenvalue weighted by Crippen LogP contribution is -2.43. The summed E-state index contributed by atoms with van der Waals surface area (Å²) in [4.78, 5) is 62.8. The molecule has 232 valence electrons. The molecule has 13 heteroatoms. The first-order chi connectivity index (χ1) is 21.1. The molecule has 11 nitrogen and oxygen atoms in total. The molecule has 0 aliphatic carbocycles. The van der Waals surface area contributed by atoms with Crippen LogP contribution in [0.25, 0.3) is 0 Å². The van der Waals surface area contributed by atoms with Crippen molar-refractivity contribution in [3.05, 3.63) is 112 Å². The maximum atomic E-state index is 14.0.